The lowest BCUT2D eigenvalue weighted by atomic mass is 10.0. The van der Waals surface area contributed by atoms with Crippen molar-refractivity contribution in [3.05, 3.63) is 29.3 Å². The van der Waals surface area contributed by atoms with Crippen LogP contribution in [0.15, 0.2) is 18.2 Å². The molecule has 4 nitrogen and oxygen atoms in total. The molecule has 0 spiro atoms. The number of benzene rings is 1. The lowest BCUT2D eigenvalue weighted by Crippen LogP contribution is -2.32. The molecule has 3 N–H and O–H groups in total. The van der Waals surface area contributed by atoms with E-state index in [1.807, 2.05) is 18.2 Å². The first-order valence-electron chi connectivity index (χ1n) is 5.22. The van der Waals surface area contributed by atoms with Crippen molar-refractivity contribution in [2.24, 2.45) is 5.73 Å². The first-order chi connectivity index (χ1) is 7.58. The van der Waals surface area contributed by atoms with E-state index in [0.29, 0.717) is 5.75 Å². The van der Waals surface area contributed by atoms with Crippen LogP contribution in [0, 0.1) is 0 Å². The molecule has 4 heteroatoms. The highest BCUT2D eigenvalue weighted by Crippen LogP contribution is 2.21. The van der Waals surface area contributed by atoms with E-state index < -0.39 is 12.0 Å². The van der Waals surface area contributed by atoms with Crippen molar-refractivity contribution in [1.82, 2.24) is 0 Å². The molecule has 0 aromatic heterocycles. The van der Waals surface area contributed by atoms with Crippen LogP contribution in [-0.2, 0) is 17.6 Å². The normalized spacial score (nSPS) is 12.2. The van der Waals surface area contributed by atoms with Crippen LogP contribution < -0.4 is 10.5 Å². The second kappa shape index (κ2) is 5.51. The summed E-state index contributed by atoms with van der Waals surface area (Å²) in [7, 11) is 1.57. The maximum Gasteiger partial charge on any atom is 0.320 e. The van der Waals surface area contributed by atoms with E-state index in [2.05, 4.69) is 6.92 Å². The van der Waals surface area contributed by atoms with Crippen LogP contribution in [0.3, 0.4) is 0 Å². The van der Waals surface area contributed by atoms with Crippen molar-refractivity contribution < 1.29 is 14.6 Å². The Labute approximate surface area is 95.0 Å². The van der Waals surface area contributed by atoms with E-state index in [-0.39, 0.29) is 6.42 Å². The zero-order chi connectivity index (χ0) is 12.1. The third-order valence-electron chi connectivity index (χ3n) is 2.52. The minimum atomic E-state index is -0.998. The van der Waals surface area contributed by atoms with E-state index in [1.54, 1.807) is 7.11 Å². The molecule has 0 saturated carbocycles. The Kier molecular flexibility index (Phi) is 4.31. The van der Waals surface area contributed by atoms with Crippen molar-refractivity contribution >= 4 is 5.97 Å². The zero-order valence-electron chi connectivity index (χ0n) is 9.56. The molecule has 0 heterocycles. The third kappa shape index (κ3) is 2.97. The number of carboxylic acid groups (broad SMARTS) is 1. The minimum absolute atomic E-state index is 0.280. The molecule has 0 aliphatic rings. The molecule has 0 bridgehead atoms. The number of carbonyl (C=O) groups is 1. The van der Waals surface area contributed by atoms with Crippen molar-refractivity contribution in [2.75, 3.05) is 7.11 Å². The van der Waals surface area contributed by atoms with Gasteiger partial charge in [0.05, 0.1) is 7.11 Å². The summed E-state index contributed by atoms with van der Waals surface area (Å²) in [5, 5.41) is 8.74. The second-order valence-corrected chi connectivity index (χ2v) is 3.65. The molecular weight excluding hydrogens is 206 g/mol. The fourth-order valence-corrected chi connectivity index (χ4v) is 1.50. The van der Waals surface area contributed by atoms with E-state index in [9.17, 15) is 4.79 Å². The summed E-state index contributed by atoms with van der Waals surface area (Å²) < 4.78 is 5.22. The fraction of sp³-hybridized carbons (Fsp3) is 0.417. The van der Waals surface area contributed by atoms with Crippen LogP contribution in [0.25, 0.3) is 0 Å². The van der Waals surface area contributed by atoms with Crippen LogP contribution in [-0.4, -0.2) is 24.2 Å². The molecule has 0 unspecified atom stereocenters. The highest BCUT2D eigenvalue weighted by molar-refractivity contribution is 5.73. The van der Waals surface area contributed by atoms with Gasteiger partial charge in [0.1, 0.15) is 11.8 Å². The summed E-state index contributed by atoms with van der Waals surface area (Å²) in [6, 6.07) is 4.87. The van der Waals surface area contributed by atoms with E-state index >= 15 is 0 Å². The van der Waals surface area contributed by atoms with E-state index in [1.165, 1.54) is 0 Å². The lowest BCUT2D eigenvalue weighted by molar-refractivity contribution is -0.138. The molecule has 0 aliphatic heterocycles. The Hall–Kier alpha value is -1.55. The molecule has 1 atom stereocenters. The van der Waals surface area contributed by atoms with Gasteiger partial charge in [0.2, 0.25) is 0 Å². The number of ether oxygens (including phenoxy) is 1. The number of hydrogen-bond donors (Lipinski definition) is 2. The van der Waals surface area contributed by atoms with Gasteiger partial charge in [0, 0.05) is 6.42 Å². The second-order valence-electron chi connectivity index (χ2n) is 3.65. The fourth-order valence-electron chi connectivity index (χ4n) is 1.50. The average Bonchev–Trinajstić information content (AvgIpc) is 2.29. The molecule has 1 rings (SSSR count). The molecule has 0 radical (unpaired) electrons. The Morgan fingerprint density at radius 2 is 2.25 bits per heavy atom. The largest absolute Gasteiger partial charge is 0.496 e. The van der Waals surface area contributed by atoms with Gasteiger partial charge in [0.25, 0.3) is 0 Å². The van der Waals surface area contributed by atoms with E-state index in [4.69, 9.17) is 15.6 Å². The Balaban J connectivity index is 2.91. The molecule has 0 aliphatic carbocycles. The maximum absolute atomic E-state index is 10.7. The maximum atomic E-state index is 10.7. The quantitative estimate of drug-likeness (QED) is 0.787. The van der Waals surface area contributed by atoms with Crippen LogP contribution >= 0.6 is 0 Å². The molecule has 0 saturated heterocycles. The number of aryl methyl sites for hydroxylation is 1. The number of aliphatic carboxylic acids is 1. The number of nitrogens with two attached hydrogens (primary N) is 1. The molecule has 1 aromatic rings. The number of rotatable bonds is 5. The molecule has 88 valence electrons. The van der Waals surface area contributed by atoms with Gasteiger partial charge in [0.15, 0.2) is 0 Å². The first kappa shape index (κ1) is 12.5. The molecule has 1 aromatic carbocycles. The van der Waals surface area contributed by atoms with Gasteiger partial charge in [-0.3, -0.25) is 4.79 Å². The highest BCUT2D eigenvalue weighted by atomic mass is 16.5. The average molecular weight is 223 g/mol. The van der Waals surface area contributed by atoms with Crippen LogP contribution in [0.2, 0.25) is 0 Å². The van der Waals surface area contributed by atoms with Gasteiger partial charge in [-0.15, -0.1) is 0 Å². The summed E-state index contributed by atoms with van der Waals surface area (Å²) in [6.07, 6.45) is 1.20. The SMILES string of the molecule is CCc1ccc(C[C@@H](N)C(=O)O)c(OC)c1. The summed E-state index contributed by atoms with van der Waals surface area (Å²) in [6.45, 7) is 2.05. The van der Waals surface area contributed by atoms with Gasteiger partial charge in [-0.05, 0) is 23.6 Å². The molecule has 0 fully saturated rings. The predicted octanol–water partition coefficient (Wildman–Crippen LogP) is 1.21. The first-order valence-corrected chi connectivity index (χ1v) is 5.22. The third-order valence-corrected chi connectivity index (χ3v) is 2.52. The molecule has 16 heavy (non-hydrogen) atoms. The van der Waals surface area contributed by atoms with Gasteiger partial charge in [-0.25, -0.2) is 0 Å². The lowest BCUT2D eigenvalue weighted by Gasteiger charge is -2.12. The monoisotopic (exact) mass is 223 g/mol. The van der Waals surface area contributed by atoms with Gasteiger partial charge < -0.3 is 15.6 Å². The van der Waals surface area contributed by atoms with Gasteiger partial charge in [-0.1, -0.05) is 19.1 Å². The van der Waals surface area contributed by atoms with Gasteiger partial charge >= 0.3 is 5.97 Å². The highest BCUT2D eigenvalue weighted by Gasteiger charge is 2.14. The van der Waals surface area contributed by atoms with Gasteiger partial charge in [-0.2, -0.15) is 0 Å². The Bertz CT molecular complexity index is 377. The summed E-state index contributed by atoms with van der Waals surface area (Å²) >= 11 is 0. The van der Waals surface area contributed by atoms with Crippen molar-refractivity contribution in [1.29, 1.82) is 0 Å². The van der Waals surface area contributed by atoms with Crippen molar-refractivity contribution in [2.45, 2.75) is 25.8 Å². The van der Waals surface area contributed by atoms with Crippen molar-refractivity contribution in [3.8, 4) is 5.75 Å². The van der Waals surface area contributed by atoms with Crippen LogP contribution in [0.1, 0.15) is 18.1 Å². The zero-order valence-corrected chi connectivity index (χ0v) is 9.56. The van der Waals surface area contributed by atoms with Crippen molar-refractivity contribution in [3.63, 3.8) is 0 Å². The minimum Gasteiger partial charge on any atom is -0.496 e. The van der Waals surface area contributed by atoms with Crippen LogP contribution in [0.5, 0.6) is 5.75 Å². The predicted molar refractivity (Wildman–Crippen MR) is 61.7 cm³/mol. The number of methoxy groups -OCH3 is 1. The standard InChI is InChI=1S/C12H17NO3/c1-3-8-4-5-9(11(6-8)16-2)7-10(13)12(14)15/h4-6,10H,3,7,13H2,1-2H3,(H,14,15)/t10-/m1/s1. The van der Waals surface area contributed by atoms with E-state index in [0.717, 1.165) is 17.5 Å². The Morgan fingerprint density at radius 3 is 2.75 bits per heavy atom. The number of hydrogen-bond acceptors (Lipinski definition) is 3. The Morgan fingerprint density at radius 1 is 1.56 bits per heavy atom. The summed E-state index contributed by atoms with van der Waals surface area (Å²) in [4.78, 5) is 10.7. The molecular formula is C12H17NO3. The van der Waals surface area contributed by atoms with Crippen LogP contribution in [0.4, 0.5) is 0 Å². The topological polar surface area (TPSA) is 72.6 Å². The summed E-state index contributed by atoms with van der Waals surface area (Å²) in [5.74, 6) is -0.294. The molecule has 0 amide bonds. The summed E-state index contributed by atoms with van der Waals surface area (Å²) in [5.41, 5.74) is 7.47. The smallest absolute Gasteiger partial charge is 0.320 e. The number of carboxylic acids is 1.